The molecule has 1 aliphatic carbocycles. The minimum atomic E-state index is 0. The first-order chi connectivity index (χ1) is 13.2. The van der Waals surface area contributed by atoms with Gasteiger partial charge in [-0.1, -0.05) is 44.5 Å². The molecule has 28 heavy (non-hydrogen) atoms. The van der Waals surface area contributed by atoms with E-state index >= 15 is 0 Å². The summed E-state index contributed by atoms with van der Waals surface area (Å²) >= 11 is 0. The van der Waals surface area contributed by atoms with E-state index in [1.807, 2.05) is 7.05 Å². The number of hydrogen-bond acceptors (Lipinski definition) is 3. The second-order valence-corrected chi connectivity index (χ2v) is 7.61. The van der Waals surface area contributed by atoms with Crippen LogP contribution in [0.15, 0.2) is 29.3 Å². The number of aliphatic imine (C=N–C) groups is 1. The molecule has 1 aromatic rings. The molecule has 0 amide bonds. The van der Waals surface area contributed by atoms with E-state index in [0.29, 0.717) is 5.41 Å². The van der Waals surface area contributed by atoms with Gasteiger partial charge in [0.05, 0.1) is 0 Å². The summed E-state index contributed by atoms with van der Waals surface area (Å²) in [4.78, 5) is 6.87. The molecule has 2 rings (SSSR count). The highest BCUT2D eigenvalue weighted by Crippen LogP contribution is 2.43. The van der Waals surface area contributed by atoms with Crippen LogP contribution in [0.25, 0.3) is 0 Å². The van der Waals surface area contributed by atoms with Crippen LogP contribution in [0.4, 0.5) is 0 Å². The lowest BCUT2D eigenvalue weighted by Crippen LogP contribution is -2.46. The van der Waals surface area contributed by atoms with Crippen molar-refractivity contribution < 1.29 is 4.74 Å². The standard InChI is InChI=1S/C22H38N4O.HI/c1-5-26(6-2)17-20-11-8-7-10-19(20)16-24-21(23-3)25-18-22(12-9-13-22)14-15-27-4;/h7-8,10-11H,5-6,9,12-18H2,1-4H3,(H2,23,24,25);1H. The number of nitrogens with zero attached hydrogens (tertiary/aromatic N) is 2. The smallest absolute Gasteiger partial charge is 0.191 e. The molecular weight excluding hydrogens is 463 g/mol. The van der Waals surface area contributed by atoms with Gasteiger partial charge in [0.2, 0.25) is 0 Å². The van der Waals surface area contributed by atoms with E-state index in [9.17, 15) is 0 Å². The number of halogens is 1. The van der Waals surface area contributed by atoms with E-state index < -0.39 is 0 Å². The molecule has 2 N–H and O–H groups in total. The van der Waals surface area contributed by atoms with Gasteiger partial charge in [-0.3, -0.25) is 9.89 Å². The summed E-state index contributed by atoms with van der Waals surface area (Å²) in [6.45, 7) is 10.2. The second-order valence-electron chi connectivity index (χ2n) is 7.61. The number of rotatable bonds is 11. The predicted octanol–water partition coefficient (Wildman–Crippen LogP) is 4.02. The third-order valence-corrected chi connectivity index (χ3v) is 5.96. The molecule has 0 radical (unpaired) electrons. The average molecular weight is 502 g/mol. The maximum Gasteiger partial charge on any atom is 0.191 e. The van der Waals surface area contributed by atoms with Crippen molar-refractivity contribution in [1.29, 1.82) is 0 Å². The van der Waals surface area contributed by atoms with E-state index in [2.05, 4.69) is 58.6 Å². The molecule has 0 heterocycles. The molecule has 1 aromatic carbocycles. The average Bonchev–Trinajstić information content (AvgIpc) is 2.68. The highest BCUT2D eigenvalue weighted by atomic mass is 127. The summed E-state index contributed by atoms with van der Waals surface area (Å²) < 4.78 is 5.30. The Morgan fingerprint density at radius 1 is 1.14 bits per heavy atom. The van der Waals surface area contributed by atoms with Crippen molar-refractivity contribution in [2.24, 2.45) is 10.4 Å². The first-order valence-electron chi connectivity index (χ1n) is 10.4. The van der Waals surface area contributed by atoms with E-state index in [4.69, 9.17) is 4.74 Å². The van der Waals surface area contributed by atoms with E-state index in [0.717, 1.165) is 51.7 Å². The van der Waals surface area contributed by atoms with Crippen molar-refractivity contribution in [2.45, 2.75) is 52.6 Å². The quantitative estimate of drug-likeness (QED) is 0.273. The molecule has 1 saturated carbocycles. The van der Waals surface area contributed by atoms with Gasteiger partial charge in [-0.05, 0) is 48.9 Å². The van der Waals surface area contributed by atoms with Crippen LogP contribution in [-0.4, -0.2) is 51.3 Å². The van der Waals surface area contributed by atoms with Crippen molar-refractivity contribution in [2.75, 3.05) is 40.4 Å². The Morgan fingerprint density at radius 2 is 1.82 bits per heavy atom. The Hall–Kier alpha value is -0.860. The SMILES string of the molecule is CCN(CC)Cc1ccccc1CNC(=NC)NCC1(CCOC)CCC1.I. The molecule has 0 unspecified atom stereocenters. The summed E-state index contributed by atoms with van der Waals surface area (Å²) in [6.07, 6.45) is 5.02. The molecule has 0 saturated heterocycles. The van der Waals surface area contributed by atoms with Crippen LogP contribution in [-0.2, 0) is 17.8 Å². The maximum atomic E-state index is 5.30. The van der Waals surface area contributed by atoms with Gasteiger partial charge in [0.1, 0.15) is 0 Å². The van der Waals surface area contributed by atoms with Crippen molar-refractivity contribution >= 4 is 29.9 Å². The minimum absolute atomic E-state index is 0. The van der Waals surface area contributed by atoms with Crippen molar-refractivity contribution in [3.8, 4) is 0 Å². The Kier molecular flexibility index (Phi) is 12.0. The van der Waals surface area contributed by atoms with Gasteiger partial charge in [0.15, 0.2) is 5.96 Å². The van der Waals surface area contributed by atoms with E-state index in [1.54, 1.807) is 7.11 Å². The van der Waals surface area contributed by atoms with E-state index in [1.165, 1.54) is 30.4 Å². The van der Waals surface area contributed by atoms with E-state index in [-0.39, 0.29) is 24.0 Å². The number of guanidine groups is 1. The predicted molar refractivity (Wildman–Crippen MR) is 129 cm³/mol. The van der Waals surface area contributed by atoms with Gasteiger partial charge >= 0.3 is 0 Å². The largest absolute Gasteiger partial charge is 0.385 e. The van der Waals surface area contributed by atoms with Gasteiger partial charge in [-0.25, -0.2) is 0 Å². The molecule has 1 aliphatic rings. The fraction of sp³-hybridized carbons (Fsp3) is 0.682. The van der Waals surface area contributed by atoms with Gasteiger partial charge in [0.25, 0.3) is 0 Å². The van der Waals surface area contributed by atoms with Crippen LogP contribution in [0.3, 0.4) is 0 Å². The van der Waals surface area contributed by atoms with Crippen molar-refractivity contribution in [3.63, 3.8) is 0 Å². The summed E-state index contributed by atoms with van der Waals surface area (Å²) in [7, 11) is 3.63. The maximum absolute atomic E-state index is 5.30. The van der Waals surface area contributed by atoms with Crippen LogP contribution in [0.1, 0.15) is 50.7 Å². The van der Waals surface area contributed by atoms with Crippen LogP contribution in [0.2, 0.25) is 0 Å². The third-order valence-electron chi connectivity index (χ3n) is 5.96. The first-order valence-corrected chi connectivity index (χ1v) is 10.4. The number of methoxy groups -OCH3 is 1. The highest BCUT2D eigenvalue weighted by Gasteiger charge is 2.36. The molecule has 1 fully saturated rings. The molecule has 5 nitrogen and oxygen atoms in total. The Labute approximate surface area is 188 Å². The zero-order chi connectivity index (χ0) is 19.5. The fourth-order valence-electron chi connectivity index (χ4n) is 3.75. The zero-order valence-corrected chi connectivity index (χ0v) is 20.4. The lowest BCUT2D eigenvalue weighted by Gasteiger charge is -2.42. The summed E-state index contributed by atoms with van der Waals surface area (Å²) in [5, 5.41) is 7.05. The summed E-state index contributed by atoms with van der Waals surface area (Å²) in [6, 6.07) is 8.70. The molecule has 160 valence electrons. The summed E-state index contributed by atoms with van der Waals surface area (Å²) in [5.41, 5.74) is 3.11. The third kappa shape index (κ3) is 7.52. The molecule has 0 aliphatic heterocycles. The van der Waals surface area contributed by atoms with Crippen LogP contribution in [0.5, 0.6) is 0 Å². The lowest BCUT2D eigenvalue weighted by molar-refractivity contribution is 0.0732. The van der Waals surface area contributed by atoms with Gasteiger partial charge in [-0.15, -0.1) is 24.0 Å². The number of hydrogen-bond donors (Lipinski definition) is 2. The normalized spacial score (nSPS) is 15.7. The first kappa shape index (κ1) is 25.2. The molecule has 0 bridgehead atoms. The van der Waals surface area contributed by atoms with Crippen LogP contribution in [0, 0.1) is 5.41 Å². The van der Waals surface area contributed by atoms with Gasteiger partial charge in [-0.2, -0.15) is 0 Å². The number of nitrogens with one attached hydrogen (secondary N) is 2. The Balaban J connectivity index is 0.00000392. The van der Waals surface area contributed by atoms with Crippen LogP contribution < -0.4 is 10.6 Å². The molecule has 0 spiro atoms. The van der Waals surface area contributed by atoms with Crippen LogP contribution >= 0.6 is 24.0 Å². The monoisotopic (exact) mass is 502 g/mol. The van der Waals surface area contributed by atoms with Gasteiger partial charge in [0, 0.05) is 40.4 Å². The summed E-state index contributed by atoms with van der Waals surface area (Å²) in [5.74, 6) is 0.885. The Morgan fingerprint density at radius 3 is 2.36 bits per heavy atom. The fourth-order valence-corrected chi connectivity index (χ4v) is 3.75. The minimum Gasteiger partial charge on any atom is -0.385 e. The van der Waals surface area contributed by atoms with Crippen molar-refractivity contribution in [1.82, 2.24) is 15.5 Å². The molecule has 6 heteroatoms. The zero-order valence-electron chi connectivity index (χ0n) is 18.1. The molecule has 0 atom stereocenters. The second kappa shape index (κ2) is 13.4. The topological polar surface area (TPSA) is 48.9 Å². The van der Waals surface area contributed by atoms with Gasteiger partial charge < -0.3 is 15.4 Å². The Bertz CT molecular complexity index is 586. The lowest BCUT2D eigenvalue weighted by atomic mass is 9.67. The number of benzene rings is 1. The van der Waals surface area contributed by atoms with Crippen molar-refractivity contribution in [3.05, 3.63) is 35.4 Å². The molecule has 0 aromatic heterocycles. The molecular formula is C22H39IN4O. The highest BCUT2D eigenvalue weighted by molar-refractivity contribution is 14.0. The number of ether oxygens (including phenoxy) is 1.